The van der Waals surface area contributed by atoms with Crippen LogP contribution in [-0.2, 0) is 6.42 Å². The first-order chi connectivity index (χ1) is 9.58. The lowest BCUT2D eigenvalue weighted by Gasteiger charge is -2.13. The van der Waals surface area contributed by atoms with Gasteiger partial charge in [-0.1, -0.05) is 25.5 Å². The van der Waals surface area contributed by atoms with Gasteiger partial charge in [0, 0.05) is 5.56 Å². The first-order valence-corrected chi connectivity index (χ1v) is 6.38. The van der Waals surface area contributed by atoms with Gasteiger partial charge in [-0.3, -0.25) is 0 Å². The quantitative estimate of drug-likeness (QED) is 0.837. The van der Waals surface area contributed by atoms with Crippen molar-refractivity contribution in [2.75, 3.05) is 5.73 Å². The van der Waals surface area contributed by atoms with Crippen molar-refractivity contribution in [1.82, 2.24) is 0 Å². The van der Waals surface area contributed by atoms with Crippen molar-refractivity contribution in [3.63, 3.8) is 0 Å². The lowest BCUT2D eigenvalue weighted by molar-refractivity contribution is 0.466. The Kier molecular flexibility index (Phi) is 3.90. The number of anilines is 1. The van der Waals surface area contributed by atoms with E-state index < -0.39 is 0 Å². The molecule has 0 amide bonds. The summed E-state index contributed by atoms with van der Waals surface area (Å²) in [6.07, 6.45) is 1.45. The molecule has 4 heteroatoms. The van der Waals surface area contributed by atoms with Gasteiger partial charge in [-0.05, 0) is 35.7 Å². The van der Waals surface area contributed by atoms with Crippen LogP contribution in [0.1, 0.15) is 24.5 Å². The molecule has 0 atom stereocenters. The summed E-state index contributed by atoms with van der Waals surface area (Å²) in [5.41, 5.74) is 7.98. The van der Waals surface area contributed by atoms with Gasteiger partial charge < -0.3 is 10.8 Å². The average Bonchev–Trinajstić information content (AvgIpc) is 2.42. The molecule has 0 fully saturated rings. The Morgan fingerprint density at radius 3 is 2.70 bits per heavy atom. The van der Waals surface area contributed by atoms with Gasteiger partial charge in [0.15, 0.2) is 0 Å². The number of nitriles is 1. The molecule has 3 nitrogen and oxygen atoms in total. The number of hydrogen-bond acceptors (Lipinski definition) is 3. The molecule has 102 valence electrons. The van der Waals surface area contributed by atoms with Gasteiger partial charge >= 0.3 is 0 Å². The highest BCUT2D eigenvalue weighted by atomic mass is 19.1. The summed E-state index contributed by atoms with van der Waals surface area (Å²) < 4.78 is 13.3. The molecule has 2 aromatic carbocycles. The molecule has 0 saturated carbocycles. The van der Waals surface area contributed by atoms with Crippen molar-refractivity contribution in [3.05, 3.63) is 47.3 Å². The zero-order valence-corrected chi connectivity index (χ0v) is 11.2. The number of halogens is 1. The summed E-state index contributed by atoms with van der Waals surface area (Å²) in [6, 6.07) is 9.66. The fraction of sp³-hybridized carbons (Fsp3) is 0.188. The molecule has 0 unspecified atom stereocenters. The van der Waals surface area contributed by atoms with Gasteiger partial charge in [-0.15, -0.1) is 0 Å². The zero-order valence-electron chi connectivity index (χ0n) is 11.2. The van der Waals surface area contributed by atoms with Crippen LogP contribution in [0.4, 0.5) is 10.1 Å². The van der Waals surface area contributed by atoms with Crippen LogP contribution in [-0.4, -0.2) is 5.11 Å². The Morgan fingerprint density at radius 1 is 1.35 bits per heavy atom. The predicted octanol–water partition coefficient (Wildman–Crippen LogP) is 3.60. The first kappa shape index (κ1) is 13.9. The second-order valence-electron chi connectivity index (χ2n) is 4.59. The van der Waals surface area contributed by atoms with Crippen molar-refractivity contribution in [3.8, 4) is 22.9 Å². The van der Waals surface area contributed by atoms with Crippen molar-refractivity contribution >= 4 is 5.69 Å². The van der Waals surface area contributed by atoms with Crippen LogP contribution in [0.3, 0.4) is 0 Å². The van der Waals surface area contributed by atoms with Gasteiger partial charge in [-0.25, -0.2) is 4.39 Å². The summed E-state index contributed by atoms with van der Waals surface area (Å²) in [6.45, 7) is 1.98. The highest BCUT2D eigenvalue weighted by Crippen LogP contribution is 2.37. The topological polar surface area (TPSA) is 70.0 Å². The number of aromatic hydroxyl groups is 1. The standard InChI is InChI=1S/C16H15FN2O/c1-2-4-11-8-13(10-5-3-6-12(17)7-10)15(19)14(9-18)16(11)20/h3,5-8,20H,2,4,19H2,1H3. The van der Waals surface area contributed by atoms with E-state index >= 15 is 0 Å². The molecule has 0 aliphatic carbocycles. The molecule has 0 radical (unpaired) electrons. The average molecular weight is 270 g/mol. The summed E-state index contributed by atoms with van der Waals surface area (Å²) in [5, 5.41) is 19.2. The molecule has 2 rings (SSSR count). The van der Waals surface area contributed by atoms with E-state index in [9.17, 15) is 9.50 Å². The number of rotatable bonds is 3. The normalized spacial score (nSPS) is 10.2. The second kappa shape index (κ2) is 5.62. The maximum absolute atomic E-state index is 13.3. The van der Waals surface area contributed by atoms with Crippen LogP contribution in [0.25, 0.3) is 11.1 Å². The van der Waals surface area contributed by atoms with Gasteiger partial charge in [-0.2, -0.15) is 5.26 Å². The Labute approximate surface area is 117 Å². The SMILES string of the molecule is CCCc1cc(-c2cccc(F)c2)c(N)c(C#N)c1O. The molecule has 0 heterocycles. The largest absolute Gasteiger partial charge is 0.506 e. The minimum atomic E-state index is -0.370. The molecule has 0 aliphatic rings. The number of hydrogen-bond donors (Lipinski definition) is 2. The van der Waals surface area contributed by atoms with E-state index in [4.69, 9.17) is 11.0 Å². The summed E-state index contributed by atoms with van der Waals surface area (Å²) in [4.78, 5) is 0. The predicted molar refractivity (Wildman–Crippen MR) is 76.6 cm³/mol. The van der Waals surface area contributed by atoms with Crippen LogP contribution in [0.5, 0.6) is 5.75 Å². The second-order valence-corrected chi connectivity index (χ2v) is 4.59. The maximum Gasteiger partial charge on any atom is 0.138 e. The maximum atomic E-state index is 13.3. The third-order valence-electron chi connectivity index (χ3n) is 3.19. The molecule has 0 aliphatic heterocycles. The van der Waals surface area contributed by atoms with E-state index in [2.05, 4.69) is 0 Å². The minimum absolute atomic E-state index is 0.0511. The van der Waals surface area contributed by atoms with Crippen LogP contribution < -0.4 is 5.73 Å². The molecule has 20 heavy (non-hydrogen) atoms. The van der Waals surface area contributed by atoms with E-state index in [0.717, 1.165) is 6.42 Å². The molecule has 0 spiro atoms. The van der Waals surface area contributed by atoms with Crippen LogP contribution in [0.15, 0.2) is 30.3 Å². The molecule has 3 N–H and O–H groups in total. The molecule has 0 bridgehead atoms. The summed E-state index contributed by atoms with van der Waals surface area (Å²) in [5.74, 6) is -0.447. The third kappa shape index (κ3) is 2.43. The Hall–Kier alpha value is -2.54. The highest BCUT2D eigenvalue weighted by molar-refractivity contribution is 5.83. The van der Waals surface area contributed by atoms with E-state index in [1.165, 1.54) is 12.1 Å². The number of phenols is 1. The number of nitrogens with zero attached hydrogens (tertiary/aromatic N) is 1. The van der Waals surface area contributed by atoms with Crippen LogP contribution >= 0.6 is 0 Å². The van der Waals surface area contributed by atoms with Gasteiger partial charge in [0.1, 0.15) is 23.2 Å². The number of phenolic OH excluding ortho intramolecular Hbond substituents is 1. The lowest BCUT2D eigenvalue weighted by Crippen LogP contribution is -1.99. The highest BCUT2D eigenvalue weighted by Gasteiger charge is 2.16. The number of benzene rings is 2. The Balaban J connectivity index is 2.70. The van der Waals surface area contributed by atoms with E-state index in [1.807, 2.05) is 13.0 Å². The van der Waals surface area contributed by atoms with Crippen LogP contribution in [0, 0.1) is 17.1 Å². The Morgan fingerprint density at radius 2 is 2.10 bits per heavy atom. The molecule has 0 saturated heterocycles. The number of nitrogen functional groups attached to an aromatic ring is 1. The van der Waals surface area contributed by atoms with Crippen molar-refractivity contribution in [1.29, 1.82) is 5.26 Å². The third-order valence-corrected chi connectivity index (χ3v) is 3.19. The van der Waals surface area contributed by atoms with Gasteiger partial charge in [0.2, 0.25) is 0 Å². The molecule has 0 aromatic heterocycles. The van der Waals surface area contributed by atoms with E-state index in [0.29, 0.717) is 23.1 Å². The zero-order chi connectivity index (χ0) is 14.7. The van der Waals surface area contributed by atoms with Crippen molar-refractivity contribution in [2.45, 2.75) is 19.8 Å². The first-order valence-electron chi connectivity index (χ1n) is 6.38. The molecular weight excluding hydrogens is 255 g/mol. The Bertz CT molecular complexity index is 690. The van der Waals surface area contributed by atoms with Gasteiger partial charge in [0.25, 0.3) is 0 Å². The van der Waals surface area contributed by atoms with Gasteiger partial charge in [0.05, 0.1) is 5.69 Å². The lowest BCUT2D eigenvalue weighted by atomic mass is 9.94. The fourth-order valence-corrected chi connectivity index (χ4v) is 2.21. The smallest absolute Gasteiger partial charge is 0.138 e. The fourth-order valence-electron chi connectivity index (χ4n) is 2.21. The number of nitrogens with two attached hydrogens (primary N) is 1. The van der Waals surface area contributed by atoms with E-state index in [1.54, 1.807) is 18.2 Å². The minimum Gasteiger partial charge on any atom is -0.506 e. The van der Waals surface area contributed by atoms with Crippen LogP contribution in [0.2, 0.25) is 0 Å². The van der Waals surface area contributed by atoms with Crippen molar-refractivity contribution < 1.29 is 9.50 Å². The van der Waals surface area contributed by atoms with E-state index in [-0.39, 0.29) is 22.8 Å². The number of aryl methyl sites for hydroxylation is 1. The monoisotopic (exact) mass is 270 g/mol. The van der Waals surface area contributed by atoms with Crippen molar-refractivity contribution in [2.24, 2.45) is 0 Å². The summed E-state index contributed by atoms with van der Waals surface area (Å²) >= 11 is 0. The molecule has 2 aromatic rings. The summed E-state index contributed by atoms with van der Waals surface area (Å²) in [7, 11) is 0. The molecular formula is C16H15FN2O.